The number of carbonyl (C=O) groups is 7. The van der Waals surface area contributed by atoms with Crippen molar-refractivity contribution in [3.05, 3.63) is 180 Å². The summed E-state index contributed by atoms with van der Waals surface area (Å²) in [6, 6.07) is 48.1. The molecule has 0 aliphatic carbocycles. The molecule has 0 amide bonds. The number of ether oxygens (including phenoxy) is 11. The van der Waals surface area contributed by atoms with Gasteiger partial charge >= 0.3 is 41.8 Å². The van der Waals surface area contributed by atoms with Crippen LogP contribution in [0.2, 0.25) is 0 Å². The van der Waals surface area contributed by atoms with Crippen LogP contribution in [0.25, 0.3) is 33.4 Å². The molecule has 404 valence electrons. The summed E-state index contributed by atoms with van der Waals surface area (Å²) in [6.45, 7) is 3.11. The summed E-state index contributed by atoms with van der Waals surface area (Å²) >= 11 is 0. The molecule has 2 aliphatic heterocycles. The van der Waals surface area contributed by atoms with E-state index >= 15 is 0 Å². The van der Waals surface area contributed by atoms with E-state index < -0.39 is 116 Å². The molecular weight excluding hydrogens is 1010 g/mol. The maximum atomic E-state index is 14.5. The molecule has 8 rings (SSSR count). The summed E-state index contributed by atoms with van der Waals surface area (Å²) in [5.74, 6) is -6.08. The number of rotatable bonds is 18. The van der Waals surface area contributed by atoms with Crippen LogP contribution in [0.15, 0.2) is 164 Å². The van der Waals surface area contributed by atoms with Crippen molar-refractivity contribution >= 4 is 41.8 Å². The predicted molar refractivity (Wildman–Crippen MR) is 277 cm³/mol. The van der Waals surface area contributed by atoms with Crippen molar-refractivity contribution in [3.63, 3.8) is 0 Å². The molecule has 78 heavy (non-hydrogen) atoms. The summed E-state index contributed by atoms with van der Waals surface area (Å²) in [5.41, 5.74) is 5.32. The first-order chi connectivity index (χ1) is 37.6. The summed E-state index contributed by atoms with van der Waals surface area (Å²) in [4.78, 5) is 93.3. The molecule has 2 fully saturated rings. The molecule has 6 aromatic rings. The SMILES string of the molecule is CO[C@@H]1O[C@H](CO[C@@H]2O[C@H](COC(C)=O)[C@H](OC(C)=O)[C@H](OC(C)=O)[C@H]2OC(C)=O)[C@H](OC(=O)c2ccc(-c3ccccc3)cc2)[C@H](OC(=O)c2ccc(-c3ccccc3)cc2)[C@H]1OC(=O)c1ccc(-c2ccccc2)cc1. The fourth-order valence-corrected chi connectivity index (χ4v) is 8.98. The lowest BCUT2D eigenvalue weighted by molar-refractivity contribution is -0.329. The second-order valence-corrected chi connectivity index (χ2v) is 18.1. The molecule has 0 bridgehead atoms. The van der Waals surface area contributed by atoms with E-state index in [9.17, 15) is 33.6 Å². The van der Waals surface area contributed by atoms with E-state index in [1.807, 2.05) is 91.0 Å². The highest BCUT2D eigenvalue weighted by molar-refractivity contribution is 5.92. The molecule has 0 aromatic heterocycles. The fraction of sp³-hybridized carbons (Fsp3) is 0.283. The number of esters is 7. The zero-order chi connectivity index (χ0) is 55.3. The molecular formula is C60H56O18. The lowest BCUT2D eigenvalue weighted by Gasteiger charge is -2.46. The molecule has 18 nitrogen and oxygen atoms in total. The van der Waals surface area contributed by atoms with Gasteiger partial charge in [-0.3, -0.25) is 19.2 Å². The minimum atomic E-state index is -1.73. The minimum absolute atomic E-state index is 0.0661. The number of benzene rings is 6. The third-order valence-electron chi connectivity index (χ3n) is 12.6. The molecule has 0 spiro atoms. The van der Waals surface area contributed by atoms with Crippen LogP contribution in [0.1, 0.15) is 58.8 Å². The van der Waals surface area contributed by atoms with E-state index in [0.717, 1.165) is 61.1 Å². The van der Waals surface area contributed by atoms with Crippen LogP contribution in [0, 0.1) is 0 Å². The molecule has 2 aliphatic rings. The van der Waals surface area contributed by atoms with Gasteiger partial charge in [-0.2, -0.15) is 0 Å². The van der Waals surface area contributed by atoms with Gasteiger partial charge in [-0.1, -0.05) is 127 Å². The first kappa shape index (κ1) is 55.7. The summed E-state index contributed by atoms with van der Waals surface area (Å²) in [7, 11) is 1.25. The Morgan fingerprint density at radius 2 is 0.654 bits per heavy atom. The van der Waals surface area contributed by atoms with Gasteiger partial charge in [0.1, 0.15) is 18.8 Å². The van der Waals surface area contributed by atoms with Crippen molar-refractivity contribution in [1.82, 2.24) is 0 Å². The third kappa shape index (κ3) is 14.1. The van der Waals surface area contributed by atoms with E-state index in [4.69, 9.17) is 52.1 Å². The Bertz CT molecular complexity index is 3020. The largest absolute Gasteiger partial charge is 0.463 e. The Morgan fingerprint density at radius 3 is 1.05 bits per heavy atom. The molecule has 0 radical (unpaired) electrons. The van der Waals surface area contributed by atoms with E-state index in [-0.39, 0.29) is 16.7 Å². The Kier molecular flexibility index (Phi) is 18.6. The van der Waals surface area contributed by atoms with Gasteiger partial charge in [0.05, 0.1) is 23.3 Å². The third-order valence-corrected chi connectivity index (χ3v) is 12.6. The van der Waals surface area contributed by atoms with Crippen molar-refractivity contribution in [3.8, 4) is 33.4 Å². The van der Waals surface area contributed by atoms with Crippen LogP contribution in [0.4, 0.5) is 0 Å². The zero-order valence-corrected chi connectivity index (χ0v) is 43.1. The Balaban J connectivity index is 1.18. The van der Waals surface area contributed by atoms with Crippen molar-refractivity contribution in [2.24, 2.45) is 0 Å². The average molecular weight is 1070 g/mol. The van der Waals surface area contributed by atoms with Crippen molar-refractivity contribution in [2.75, 3.05) is 20.3 Å². The second kappa shape index (κ2) is 26.0. The summed E-state index contributed by atoms with van der Waals surface area (Å²) in [5, 5.41) is 0. The van der Waals surface area contributed by atoms with Gasteiger partial charge < -0.3 is 52.1 Å². The normalized spacial score (nSPS) is 22.6. The molecule has 0 saturated carbocycles. The van der Waals surface area contributed by atoms with Crippen LogP contribution in [-0.2, 0) is 71.3 Å². The Morgan fingerprint density at radius 1 is 0.346 bits per heavy atom. The highest BCUT2D eigenvalue weighted by Gasteiger charge is 2.56. The topological polar surface area (TPSA) is 221 Å². The van der Waals surface area contributed by atoms with Crippen molar-refractivity contribution in [1.29, 1.82) is 0 Å². The van der Waals surface area contributed by atoms with Crippen LogP contribution >= 0.6 is 0 Å². The van der Waals surface area contributed by atoms with Crippen molar-refractivity contribution < 1.29 is 85.7 Å². The van der Waals surface area contributed by atoms with Crippen LogP contribution < -0.4 is 0 Å². The van der Waals surface area contributed by atoms with Gasteiger partial charge in [-0.15, -0.1) is 0 Å². The molecule has 2 saturated heterocycles. The van der Waals surface area contributed by atoms with Crippen LogP contribution in [0.5, 0.6) is 0 Å². The lowest BCUT2D eigenvalue weighted by atomic mass is 9.96. The minimum Gasteiger partial charge on any atom is -0.463 e. The van der Waals surface area contributed by atoms with Gasteiger partial charge in [0.2, 0.25) is 0 Å². The van der Waals surface area contributed by atoms with E-state index in [0.29, 0.717) is 0 Å². The smallest absolute Gasteiger partial charge is 0.338 e. The first-order valence-electron chi connectivity index (χ1n) is 24.9. The molecule has 10 atom stereocenters. The predicted octanol–water partition coefficient (Wildman–Crippen LogP) is 8.14. The van der Waals surface area contributed by atoms with Gasteiger partial charge in [0, 0.05) is 34.8 Å². The first-order valence-corrected chi connectivity index (χ1v) is 24.9. The van der Waals surface area contributed by atoms with Gasteiger partial charge in [-0.05, 0) is 69.8 Å². The van der Waals surface area contributed by atoms with E-state index in [2.05, 4.69) is 0 Å². The zero-order valence-electron chi connectivity index (χ0n) is 43.1. The fourth-order valence-electron chi connectivity index (χ4n) is 8.98. The van der Waals surface area contributed by atoms with Crippen LogP contribution in [-0.4, -0.2) is 124 Å². The molecule has 2 heterocycles. The number of hydrogen-bond acceptors (Lipinski definition) is 18. The van der Waals surface area contributed by atoms with Crippen LogP contribution in [0.3, 0.4) is 0 Å². The summed E-state index contributed by atoms with van der Waals surface area (Å²) in [6.07, 6.45) is -16.1. The molecule has 18 heteroatoms. The van der Waals surface area contributed by atoms with E-state index in [1.165, 1.54) is 7.11 Å². The highest BCUT2D eigenvalue weighted by Crippen LogP contribution is 2.35. The van der Waals surface area contributed by atoms with Gasteiger partial charge in [0.15, 0.2) is 49.2 Å². The second-order valence-electron chi connectivity index (χ2n) is 18.1. The maximum Gasteiger partial charge on any atom is 0.338 e. The van der Waals surface area contributed by atoms with Gasteiger partial charge in [-0.25, -0.2) is 14.4 Å². The molecule has 0 N–H and O–H groups in total. The molecule has 0 unspecified atom stereocenters. The van der Waals surface area contributed by atoms with Gasteiger partial charge in [0.25, 0.3) is 0 Å². The number of hydrogen-bond donors (Lipinski definition) is 0. The number of methoxy groups -OCH3 is 1. The Hall–Kier alpha value is -8.55. The van der Waals surface area contributed by atoms with Crippen molar-refractivity contribution in [2.45, 2.75) is 89.1 Å². The lowest BCUT2D eigenvalue weighted by Crippen LogP contribution is -2.65. The highest BCUT2D eigenvalue weighted by atomic mass is 16.8. The quantitative estimate of drug-likeness (QED) is 0.0585. The van der Waals surface area contributed by atoms with E-state index in [1.54, 1.807) is 72.8 Å². The average Bonchev–Trinajstić information content (AvgIpc) is 3.48. The summed E-state index contributed by atoms with van der Waals surface area (Å²) < 4.78 is 65.7. The molecule has 6 aromatic carbocycles. The standard InChI is InChI=1S/C60H56O18/c1-35(61)69-33-48-50(71-36(2)62)52(72-37(3)63)55(73-38(4)64)60(75-48)70-34-49-51(76-56(65)45-27-21-42(22-28-45)39-15-9-6-10-16-39)53(77-57(66)46-29-23-43(24-30-46)40-17-11-7-12-18-40)54(59(68-5)74-49)78-58(67)47-31-25-44(26-32-47)41-19-13-8-14-20-41/h6-32,48-55,59-60H,33-34H2,1-5H3/t48-,49-,50+,51+,52+,53+,54-,55-,59-,60-/m1/s1. The number of carbonyl (C=O) groups excluding carboxylic acids is 7. The monoisotopic (exact) mass is 1060 g/mol. The maximum absolute atomic E-state index is 14.5. The Labute approximate surface area is 449 Å².